The number of hydrogen-bond acceptors (Lipinski definition) is 3. The van der Waals surface area contributed by atoms with Crippen LogP contribution in [-0.4, -0.2) is 18.1 Å². The Labute approximate surface area is 123 Å². The van der Waals surface area contributed by atoms with Gasteiger partial charge in [-0.05, 0) is 36.4 Å². The minimum absolute atomic E-state index is 0.146. The number of carbonyl (C=O) groups is 1. The molecule has 2 rings (SSSR count). The van der Waals surface area contributed by atoms with E-state index in [0.717, 1.165) is 22.7 Å². The third-order valence-corrected chi connectivity index (χ3v) is 3.11. The van der Waals surface area contributed by atoms with Gasteiger partial charge in [0.1, 0.15) is 17.3 Å². The zero-order valence-corrected chi connectivity index (χ0v) is 12.1. The molecule has 6 heteroatoms. The zero-order valence-electron chi connectivity index (χ0n) is 10.5. The lowest BCUT2D eigenvalue weighted by atomic mass is 10.1. The van der Waals surface area contributed by atoms with Crippen LogP contribution in [0.2, 0.25) is 0 Å². The Hall–Kier alpha value is -2.08. The number of anilines is 1. The SMILES string of the molecule is COc1ccc(Br)cc1NC(=O)c1cc(F)ccc1O. The minimum atomic E-state index is -0.626. The molecule has 0 saturated carbocycles. The summed E-state index contributed by atoms with van der Waals surface area (Å²) in [5.41, 5.74) is 0.266. The predicted octanol–water partition coefficient (Wildman–Crippen LogP) is 3.55. The van der Waals surface area contributed by atoms with E-state index in [-0.39, 0.29) is 11.3 Å². The van der Waals surface area contributed by atoms with Gasteiger partial charge in [0.15, 0.2) is 0 Å². The summed E-state index contributed by atoms with van der Waals surface area (Å²) in [7, 11) is 1.47. The maximum Gasteiger partial charge on any atom is 0.259 e. The van der Waals surface area contributed by atoms with Crippen LogP contribution in [0, 0.1) is 5.82 Å². The molecule has 1 amide bonds. The number of phenolic OH excluding ortho intramolecular Hbond substituents is 1. The van der Waals surface area contributed by atoms with Crippen molar-refractivity contribution < 1.29 is 19.0 Å². The van der Waals surface area contributed by atoms with Crippen LogP contribution in [-0.2, 0) is 0 Å². The highest BCUT2D eigenvalue weighted by Gasteiger charge is 2.14. The Morgan fingerprint density at radius 2 is 2.05 bits per heavy atom. The van der Waals surface area contributed by atoms with Crippen molar-refractivity contribution in [3.05, 3.63) is 52.3 Å². The van der Waals surface area contributed by atoms with Crippen molar-refractivity contribution in [2.45, 2.75) is 0 Å². The fourth-order valence-corrected chi connectivity index (χ4v) is 2.02. The summed E-state index contributed by atoms with van der Waals surface area (Å²) in [5.74, 6) is -1.07. The van der Waals surface area contributed by atoms with Crippen molar-refractivity contribution in [1.82, 2.24) is 0 Å². The van der Waals surface area contributed by atoms with E-state index >= 15 is 0 Å². The average Bonchev–Trinajstić information content (AvgIpc) is 2.41. The first-order valence-electron chi connectivity index (χ1n) is 5.64. The topological polar surface area (TPSA) is 58.6 Å². The fraction of sp³-hybridized carbons (Fsp3) is 0.0714. The molecule has 0 aromatic heterocycles. The number of carbonyl (C=O) groups excluding carboxylic acids is 1. The van der Waals surface area contributed by atoms with Crippen LogP contribution in [0.3, 0.4) is 0 Å². The summed E-state index contributed by atoms with van der Waals surface area (Å²) in [4.78, 5) is 12.1. The Morgan fingerprint density at radius 3 is 2.75 bits per heavy atom. The van der Waals surface area contributed by atoms with Gasteiger partial charge in [0.2, 0.25) is 0 Å². The van der Waals surface area contributed by atoms with Crippen LogP contribution in [0.5, 0.6) is 11.5 Å². The highest BCUT2D eigenvalue weighted by atomic mass is 79.9. The van der Waals surface area contributed by atoms with Crippen LogP contribution in [0.1, 0.15) is 10.4 Å². The van der Waals surface area contributed by atoms with Crippen LogP contribution in [0.25, 0.3) is 0 Å². The van der Waals surface area contributed by atoms with Crippen molar-refractivity contribution in [2.75, 3.05) is 12.4 Å². The molecule has 0 saturated heterocycles. The van der Waals surface area contributed by atoms with Crippen LogP contribution in [0.15, 0.2) is 40.9 Å². The number of amides is 1. The fourth-order valence-electron chi connectivity index (χ4n) is 1.66. The van der Waals surface area contributed by atoms with Gasteiger partial charge in [-0.3, -0.25) is 4.79 Å². The van der Waals surface area contributed by atoms with Crippen molar-refractivity contribution in [3.8, 4) is 11.5 Å². The van der Waals surface area contributed by atoms with E-state index in [9.17, 15) is 14.3 Å². The average molecular weight is 340 g/mol. The number of halogens is 2. The Kier molecular flexibility index (Phi) is 4.24. The molecule has 0 unspecified atom stereocenters. The van der Waals surface area contributed by atoms with E-state index in [2.05, 4.69) is 21.2 Å². The third kappa shape index (κ3) is 3.08. The highest BCUT2D eigenvalue weighted by molar-refractivity contribution is 9.10. The standard InChI is InChI=1S/C14H11BrFNO3/c1-20-13-5-2-8(15)6-11(13)17-14(19)10-7-9(16)3-4-12(10)18/h2-7,18H,1H3,(H,17,19). The van der Waals surface area contributed by atoms with Crippen molar-refractivity contribution >= 4 is 27.5 Å². The largest absolute Gasteiger partial charge is 0.507 e. The lowest BCUT2D eigenvalue weighted by Crippen LogP contribution is -2.13. The molecular formula is C14H11BrFNO3. The zero-order chi connectivity index (χ0) is 14.7. The molecule has 0 radical (unpaired) electrons. The molecule has 4 nitrogen and oxygen atoms in total. The van der Waals surface area contributed by atoms with Gasteiger partial charge in [-0.2, -0.15) is 0 Å². The Bertz CT molecular complexity index is 661. The van der Waals surface area contributed by atoms with Gasteiger partial charge in [0.25, 0.3) is 5.91 Å². The maximum atomic E-state index is 13.1. The summed E-state index contributed by atoms with van der Waals surface area (Å²) < 4.78 is 19.0. The first-order chi connectivity index (χ1) is 9.51. The van der Waals surface area contributed by atoms with Gasteiger partial charge in [-0.25, -0.2) is 4.39 Å². The molecular weight excluding hydrogens is 329 g/mol. The first kappa shape index (κ1) is 14.3. The van der Waals surface area contributed by atoms with E-state index < -0.39 is 11.7 Å². The molecule has 0 atom stereocenters. The third-order valence-electron chi connectivity index (χ3n) is 2.61. The van der Waals surface area contributed by atoms with Gasteiger partial charge in [0.05, 0.1) is 18.4 Å². The number of aromatic hydroxyl groups is 1. The van der Waals surface area contributed by atoms with Gasteiger partial charge in [-0.1, -0.05) is 15.9 Å². The summed E-state index contributed by atoms with van der Waals surface area (Å²) >= 11 is 3.28. The predicted molar refractivity (Wildman–Crippen MR) is 76.7 cm³/mol. The van der Waals surface area contributed by atoms with Gasteiger partial charge >= 0.3 is 0 Å². The molecule has 2 aromatic carbocycles. The molecule has 2 aromatic rings. The molecule has 0 bridgehead atoms. The minimum Gasteiger partial charge on any atom is -0.507 e. The molecule has 0 aliphatic rings. The molecule has 0 aliphatic carbocycles. The van der Waals surface area contributed by atoms with E-state index in [4.69, 9.17) is 4.74 Å². The molecule has 0 fully saturated rings. The quantitative estimate of drug-likeness (QED) is 0.898. The number of benzene rings is 2. The molecule has 2 N–H and O–H groups in total. The molecule has 104 valence electrons. The second-order valence-corrected chi connectivity index (χ2v) is 4.88. The van der Waals surface area contributed by atoms with Gasteiger partial charge in [-0.15, -0.1) is 0 Å². The van der Waals surface area contributed by atoms with Crippen LogP contribution >= 0.6 is 15.9 Å². The molecule has 0 heterocycles. The Morgan fingerprint density at radius 1 is 1.30 bits per heavy atom. The second-order valence-electron chi connectivity index (χ2n) is 3.96. The van der Waals surface area contributed by atoms with E-state index in [1.807, 2.05) is 0 Å². The Balaban J connectivity index is 2.32. The van der Waals surface area contributed by atoms with E-state index in [0.29, 0.717) is 11.4 Å². The normalized spacial score (nSPS) is 10.2. The first-order valence-corrected chi connectivity index (χ1v) is 6.44. The lowest BCUT2D eigenvalue weighted by Gasteiger charge is -2.11. The number of nitrogens with one attached hydrogen (secondary N) is 1. The van der Waals surface area contributed by atoms with Crippen LogP contribution < -0.4 is 10.1 Å². The summed E-state index contributed by atoms with van der Waals surface area (Å²) in [6, 6.07) is 8.25. The smallest absolute Gasteiger partial charge is 0.259 e. The van der Waals surface area contributed by atoms with Gasteiger partial charge in [0, 0.05) is 4.47 Å². The number of rotatable bonds is 3. The number of hydrogen-bond donors (Lipinski definition) is 2. The van der Waals surface area contributed by atoms with Crippen molar-refractivity contribution in [2.24, 2.45) is 0 Å². The number of phenols is 1. The van der Waals surface area contributed by atoms with E-state index in [1.165, 1.54) is 7.11 Å². The molecule has 20 heavy (non-hydrogen) atoms. The van der Waals surface area contributed by atoms with Gasteiger partial charge < -0.3 is 15.2 Å². The summed E-state index contributed by atoms with van der Waals surface area (Å²) in [6.07, 6.45) is 0. The summed E-state index contributed by atoms with van der Waals surface area (Å²) in [5, 5.41) is 12.2. The molecule has 0 aliphatic heterocycles. The monoisotopic (exact) mass is 339 g/mol. The molecule has 0 spiro atoms. The maximum absolute atomic E-state index is 13.1. The summed E-state index contributed by atoms with van der Waals surface area (Å²) in [6.45, 7) is 0. The van der Waals surface area contributed by atoms with Crippen LogP contribution in [0.4, 0.5) is 10.1 Å². The highest BCUT2D eigenvalue weighted by Crippen LogP contribution is 2.29. The number of ether oxygens (including phenoxy) is 1. The second kappa shape index (κ2) is 5.92. The lowest BCUT2D eigenvalue weighted by molar-refractivity contribution is 0.102. The van der Waals surface area contributed by atoms with E-state index in [1.54, 1.807) is 18.2 Å². The number of methoxy groups -OCH3 is 1. The van der Waals surface area contributed by atoms with Crippen molar-refractivity contribution in [1.29, 1.82) is 0 Å². The van der Waals surface area contributed by atoms with Crippen molar-refractivity contribution in [3.63, 3.8) is 0 Å².